The van der Waals surface area contributed by atoms with Gasteiger partial charge in [-0.15, -0.1) is 0 Å². The zero-order valence-electron chi connectivity index (χ0n) is 10.4. The Morgan fingerprint density at radius 3 is 2.65 bits per heavy atom. The minimum absolute atomic E-state index is 0.0478. The third kappa shape index (κ3) is 2.08. The summed E-state index contributed by atoms with van der Waals surface area (Å²) in [5.74, 6) is 0.761. The van der Waals surface area contributed by atoms with Gasteiger partial charge in [0.25, 0.3) is 0 Å². The van der Waals surface area contributed by atoms with E-state index in [2.05, 4.69) is 17.0 Å². The number of aliphatic hydroxyl groups is 1. The first kappa shape index (κ1) is 11.8. The molecule has 2 aromatic heterocycles. The van der Waals surface area contributed by atoms with Gasteiger partial charge in [-0.1, -0.05) is 13.0 Å². The molecule has 0 aliphatic rings. The molecule has 0 atom stereocenters. The summed E-state index contributed by atoms with van der Waals surface area (Å²) in [4.78, 5) is 4.36. The molecule has 0 aliphatic carbocycles. The molecule has 4 nitrogen and oxygen atoms in total. The average Bonchev–Trinajstić information content (AvgIpc) is 2.64. The lowest BCUT2D eigenvalue weighted by Crippen LogP contribution is -2.04. The van der Waals surface area contributed by atoms with Gasteiger partial charge in [0.15, 0.2) is 5.82 Å². The van der Waals surface area contributed by atoms with E-state index in [0.717, 1.165) is 23.6 Å². The van der Waals surface area contributed by atoms with Crippen molar-refractivity contribution in [3.8, 4) is 5.82 Å². The second kappa shape index (κ2) is 4.67. The third-order valence-electron chi connectivity index (χ3n) is 2.97. The fraction of sp³-hybridized carbons (Fsp3) is 0.385. The van der Waals surface area contributed by atoms with Crippen molar-refractivity contribution in [1.29, 1.82) is 0 Å². The lowest BCUT2D eigenvalue weighted by Gasteiger charge is -2.05. The van der Waals surface area contributed by atoms with Crippen molar-refractivity contribution in [1.82, 2.24) is 14.8 Å². The topological polar surface area (TPSA) is 50.9 Å². The van der Waals surface area contributed by atoms with Crippen LogP contribution in [0, 0.1) is 13.8 Å². The molecule has 90 valence electrons. The second-order valence-electron chi connectivity index (χ2n) is 4.06. The molecule has 2 heterocycles. The number of aromatic nitrogens is 3. The minimum Gasteiger partial charge on any atom is -0.390 e. The first-order valence-electron chi connectivity index (χ1n) is 5.79. The summed E-state index contributed by atoms with van der Waals surface area (Å²) in [6.07, 6.45) is 0.970. The normalized spacial score (nSPS) is 10.8. The summed E-state index contributed by atoms with van der Waals surface area (Å²) in [6, 6.07) is 5.59. The van der Waals surface area contributed by atoms with Gasteiger partial charge in [-0.05, 0) is 38.0 Å². The van der Waals surface area contributed by atoms with E-state index in [4.69, 9.17) is 5.11 Å². The first-order valence-corrected chi connectivity index (χ1v) is 5.79. The Morgan fingerprint density at radius 2 is 2.06 bits per heavy atom. The van der Waals surface area contributed by atoms with Gasteiger partial charge in [0, 0.05) is 5.69 Å². The molecule has 4 heteroatoms. The summed E-state index contributed by atoms with van der Waals surface area (Å²) in [5, 5.41) is 13.6. The van der Waals surface area contributed by atoms with E-state index in [0.29, 0.717) is 5.69 Å². The van der Waals surface area contributed by atoms with Crippen LogP contribution in [0.1, 0.15) is 29.6 Å². The minimum atomic E-state index is -0.0478. The smallest absolute Gasteiger partial charge is 0.153 e. The largest absolute Gasteiger partial charge is 0.390 e. The molecule has 0 unspecified atom stereocenters. The van der Waals surface area contributed by atoms with E-state index < -0.39 is 0 Å². The van der Waals surface area contributed by atoms with Gasteiger partial charge in [0.05, 0.1) is 18.0 Å². The van der Waals surface area contributed by atoms with E-state index in [1.807, 2.05) is 30.7 Å². The van der Waals surface area contributed by atoms with Gasteiger partial charge in [-0.25, -0.2) is 9.67 Å². The Labute approximate surface area is 101 Å². The fourth-order valence-corrected chi connectivity index (χ4v) is 2.08. The highest BCUT2D eigenvalue weighted by Crippen LogP contribution is 2.17. The van der Waals surface area contributed by atoms with Gasteiger partial charge >= 0.3 is 0 Å². The van der Waals surface area contributed by atoms with Crippen molar-refractivity contribution in [2.45, 2.75) is 33.8 Å². The maximum absolute atomic E-state index is 9.09. The second-order valence-corrected chi connectivity index (χ2v) is 4.06. The number of aryl methyl sites for hydroxylation is 1. The van der Waals surface area contributed by atoms with E-state index in [-0.39, 0.29) is 6.61 Å². The number of aliphatic hydroxyl groups excluding tert-OH is 1. The summed E-state index contributed by atoms with van der Waals surface area (Å²) >= 11 is 0. The van der Waals surface area contributed by atoms with Crippen molar-refractivity contribution < 1.29 is 5.11 Å². The summed E-state index contributed by atoms with van der Waals surface area (Å²) < 4.78 is 1.84. The van der Waals surface area contributed by atoms with Crippen LogP contribution in [-0.4, -0.2) is 19.9 Å². The molecule has 0 radical (unpaired) electrons. The molecule has 17 heavy (non-hydrogen) atoms. The van der Waals surface area contributed by atoms with Gasteiger partial charge in [-0.2, -0.15) is 5.10 Å². The SMILES string of the molecule is CCc1c(C)nn(-c2cccc(CO)n2)c1C. The van der Waals surface area contributed by atoms with E-state index in [1.54, 1.807) is 6.07 Å². The standard InChI is InChI=1S/C13H17N3O/c1-4-12-9(2)15-16(10(12)3)13-7-5-6-11(8-17)14-13/h5-7,17H,4,8H2,1-3H3. The zero-order valence-corrected chi connectivity index (χ0v) is 10.4. The lowest BCUT2D eigenvalue weighted by molar-refractivity contribution is 0.276. The van der Waals surface area contributed by atoms with Crippen LogP contribution in [0.15, 0.2) is 18.2 Å². The molecule has 0 spiro atoms. The molecule has 0 fully saturated rings. The predicted molar refractivity (Wildman–Crippen MR) is 66.1 cm³/mol. The average molecular weight is 231 g/mol. The van der Waals surface area contributed by atoms with Crippen LogP contribution in [0.25, 0.3) is 5.82 Å². The highest BCUT2D eigenvalue weighted by atomic mass is 16.3. The summed E-state index contributed by atoms with van der Waals surface area (Å²) in [7, 11) is 0. The van der Waals surface area contributed by atoms with Gasteiger partial charge in [0.1, 0.15) is 0 Å². The molecular formula is C13H17N3O. The van der Waals surface area contributed by atoms with Crippen LogP contribution < -0.4 is 0 Å². The van der Waals surface area contributed by atoms with Crippen LogP contribution in [0.2, 0.25) is 0 Å². The molecule has 0 aromatic carbocycles. The van der Waals surface area contributed by atoms with Crippen molar-refractivity contribution in [3.63, 3.8) is 0 Å². The Hall–Kier alpha value is -1.68. The van der Waals surface area contributed by atoms with Crippen molar-refractivity contribution >= 4 is 0 Å². The van der Waals surface area contributed by atoms with Crippen LogP contribution in [-0.2, 0) is 13.0 Å². The zero-order chi connectivity index (χ0) is 12.4. The third-order valence-corrected chi connectivity index (χ3v) is 2.97. The monoisotopic (exact) mass is 231 g/mol. The maximum Gasteiger partial charge on any atom is 0.153 e. The Morgan fingerprint density at radius 1 is 1.29 bits per heavy atom. The van der Waals surface area contributed by atoms with Crippen LogP contribution in [0.4, 0.5) is 0 Å². The first-order chi connectivity index (χ1) is 8.17. The number of nitrogens with zero attached hydrogens (tertiary/aromatic N) is 3. The number of hydrogen-bond acceptors (Lipinski definition) is 3. The molecule has 1 N–H and O–H groups in total. The van der Waals surface area contributed by atoms with Crippen molar-refractivity contribution in [2.75, 3.05) is 0 Å². The molecule has 0 saturated carbocycles. The highest BCUT2D eigenvalue weighted by molar-refractivity contribution is 5.33. The van der Waals surface area contributed by atoms with Gasteiger partial charge in [-0.3, -0.25) is 0 Å². The number of pyridine rings is 1. The van der Waals surface area contributed by atoms with E-state index in [9.17, 15) is 0 Å². The highest BCUT2D eigenvalue weighted by Gasteiger charge is 2.11. The van der Waals surface area contributed by atoms with E-state index in [1.165, 1.54) is 5.56 Å². The van der Waals surface area contributed by atoms with Gasteiger partial charge in [0.2, 0.25) is 0 Å². The van der Waals surface area contributed by atoms with Crippen molar-refractivity contribution in [2.24, 2.45) is 0 Å². The van der Waals surface area contributed by atoms with Crippen LogP contribution in [0.5, 0.6) is 0 Å². The fourth-order valence-electron chi connectivity index (χ4n) is 2.08. The molecular weight excluding hydrogens is 214 g/mol. The van der Waals surface area contributed by atoms with Crippen LogP contribution >= 0.6 is 0 Å². The maximum atomic E-state index is 9.09. The molecule has 0 aliphatic heterocycles. The van der Waals surface area contributed by atoms with E-state index >= 15 is 0 Å². The molecule has 0 bridgehead atoms. The Kier molecular flexibility index (Phi) is 3.24. The molecule has 2 rings (SSSR count). The lowest BCUT2D eigenvalue weighted by atomic mass is 10.1. The quantitative estimate of drug-likeness (QED) is 0.878. The Bertz CT molecular complexity index is 531. The molecule has 0 saturated heterocycles. The molecule has 0 amide bonds. The van der Waals surface area contributed by atoms with Gasteiger partial charge < -0.3 is 5.11 Å². The molecule has 2 aromatic rings. The summed E-state index contributed by atoms with van der Waals surface area (Å²) in [5.41, 5.74) is 4.09. The predicted octanol–water partition coefficient (Wildman–Crippen LogP) is 1.94. The number of rotatable bonds is 3. The van der Waals surface area contributed by atoms with Crippen LogP contribution in [0.3, 0.4) is 0 Å². The Balaban J connectivity index is 2.52. The number of hydrogen-bond donors (Lipinski definition) is 1. The summed E-state index contributed by atoms with van der Waals surface area (Å²) in [6.45, 7) is 6.14. The van der Waals surface area contributed by atoms with Crippen molar-refractivity contribution in [3.05, 3.63) is 40.8 Å².